The Morgan fingerprint density at radius 3 is 2.83 bits per heavy atom. The number of aryl methyl sites for hydroxylation is 2. The van der Waals surface area contributed by atoms with E-state index in [1.54, 1.807) is 0 Å². The number of ether oxygens (including phenoxy) is 1. The van der Waals surface area contributed by atoms with Gasteiger partial charge >= 0.3 is 0 Å². The molecule has 2 aromatic rings. The van der Waals surface area contributed by atoms with Gasteiger partial charge in [-0.3, -0.25) is 9.58 Å². The molecule has 0 N–H and O–H groups in total. The van der Waals surface area contributed by atoms with Crippen molar-refractivity contribution in [1.82, 2.24) is 14.7 Å². The van der Waals surface area contributed by atoms with Crippen LogP contribution in [0.5, 0.6) is 5.75 Å². The van der Waals surface area contributed by atoms with E-state index in [0.29, 0.717) is 0 Å². The molecular weight excluding hydrogens is 310 g/mol. The third-order valence-electron chi connectivity index (χ3n) is 4.47. The summed E-state index contributed by atoms with van der Waals surface area (Å²) in [7, 11) is 0. The summed E-state index contributed by atoms with van der Waals surface area (Å²) in [4.78, 5) is 2.42. The van der Waals surface area contributed by atoms with E-state index in [-0.39, 0.29) is 6.10 Å². The van der Waals surface area contributed by atoms with Crippen molar-refractivity contribution < 1.29 is 4.74 Å². The van der Waals surface area contributed by atoms with Crippen LogP contribution in [-0.4, -0.2) is 27.3 Å². The second-order valence-corrected chi connectivity index (χ2v) is 6.75. The zero-order valence-electron chi connectivity index (χ0n) is 14.3. The highest BCUT2D eigenvalue weighted by molar-refractivity contribution is 6.30. The van der Waals surface area contributed by atoms with Crippen molar-refractivity contribution in [2.24, 2.45) is 0 Å². The second kappa shape index (κ2) is 6.54. The number of nitrogens with zero attached hydrogens (tertiary/aromatic N) is 3. The highest BCUT2D eigenvalue weighted by Gasteiger charge is 2.22. The zero-order chi connectivity index (χ0) is 16.6. The van der Waals surface area contributed by atoms with E-state index in [2.05, 4.69) is 42.4 Å². The monoisotopic (exact) mass is 333 g/mol. The van der Waals surface area contributed by atoms with Gasteiger partial charge in [-0.15, -0.1) is 0 Å². The Hall–Kier alpha value is -1.52. The van der Waals surface area contributed by atoms with Crippen LogP contribution in [0.2, 0.25) is 5.02 Å². The predicted octanol–water partition coefficient (Wildman–Crippen LogP) is 3.96. The van der Waals surface area contributed by atoms with Gasteiger partial charge in [0.25, 0.3) is 0 Å². The van der Waals surface area contributed by atoms with Gasteiger partial charge in [-0.25, -0.2) is 0 Å². The number of fused-ring (bicyclic) bond motifs is 1. The van der Waals surface area contributed by atoms with Crippen molar-refractivity contribution in [2.45, 2.75) is 53.4 Å². The second-order valence-electron chi connectivity index (χ2n) is 6.32. The molecule has 0 spiro atoms. The normalized spacial score (nSPS) is 18.4. The summed E-state index contributed by atoms with van der Waals surface area (Å²) < 4.78 is 8.12. The standard InChI is InChI=1S/C18H24ClN3O/c1-5-22-14(4)17(13(3)20-22)11-21-9-12(2)23-18-7-6-16(19)8-15(18)10-21/h6-8,12H,5,9-11H2,1-4H3. The van der Waals surface area contributed by atoms with Crippen molar-refractivity contribution in [3.8, 4) is 5.75 Å². The Morgan fingerprint density at radius 1 is 1.35 bits per heavy atom. The summed E-state index contributed by atoms with van der Waals surface area (Å²) in [5, 5.41) is 5.39. The first-order valence-corrected chi connectivity index (χ1v) is 8.56. The summed E-state index contributed by atoms with van der Waals surface area (Å²) >= 11 is 6.16. The molecule has 124 valence electrons. The Morgan fingerprint density at radius 2 is 2.13 bits per heavy atom. The molecule has 1 aliphatic heterocycles. The molecule has 2 heterocycles. The smallest absolute Gasteiger partial charge is 0.124 e. The zero-order valence-corrected chi connectivity index (χ0v) is 15.0. The lowest BCUT2D eigenvalue weighted by molar-refractivity contribution is 0.156. The van der Waals surface area contributed by atoms with Crippen molar-refractivity contribution in [2.75, 3.05) is 6.54 Å². The predicted molar refractivity (Wildman–Crippen MR) is 93.0 cm³/mol. The molecule has 1 aromatic heterocycles. The van der Waals surface area contributed by atoms with Crippen molar-refractivity contribution >= 4 is 11.6 Å². The van der Waals surface area contributed by atoms with Gasteiger partial charge in [-0.1, -0.05) is 11.6 Å². The molecule has 0 aliphatic carbocycles. The summed E-state index contributed by atoms with van der Waals surface area (Å²) in [6.07, 6.45) is 0.152. The SMILES string of the molecule is CCn1nc(C)c(CN2Cc3cc(Cl)ccc3OC(C)C2)c1C. The first kappa shape index (κ1) is 16.3. The Bertz CT molecular complexity index is 711. The van der Waals surface area contributed by atoms with Crippen molar-refractivity contribution in [3.63, 3.8) is 0 Å². The lowest BCUT2D eigenvalue weighted by Crippen LogP contribution is -2.30. The molecule has 3 rings (SSSR count). The first-order chi connectivity index (χ1) is 11.0. The van der Waals surface area contributed by atoms with E-state index in [1.807, 2.05) is 18.2 Å². The molecule has 0 saturated heterocycles. The Kier molecular flexibility index (Phi) is 4.64. The number of benzene rings is 1. The number of halogens is 1. The number of hydrogen-bond acceptors (Lipinski definition) is 3. The molecule has 0 saturated carbocycles. The van der Waals surface area contributed by atoms with Gasteiger partial charge in [-0.2, -0.15) is 5.10 Å². The fraction of sp³-hybridized carbons (Fsp3) is 0.500. The van der Waals surface area contributed by atoms with E-state index in [4.69, 9.17) is 16.3 Å². The third-order valence-corrected chi connectivity index (χ3v) is 4.71. The Labute approximate surface area is 143 Å². The molecule has 23 heavy (non-hydrogen) atoms. The average molecular weight is 334 g/mol. The van der Waals surface area contributed by atoms with Crippen LogP contribution in [0.25, 0.3) is 0 Å². The molecular formula is C18H24ClN3O. The maximum atomic E-state index is 6.16. The number of rotatable bonds is 3. The van der Waals surface area contributed by atoms with Crippen LogP contribution < -0.4 is 4.74 Å². The third kappa shape index (κ3) is 3.38. The molecule has 0 amide bonds. The molecule has 0 radical (unpaired) electrons. The van der Waals surface area contributed by atoms with Gasteiger partial charge in [-0.05, 0) is 45.9 Å². The molecule has 1 aromatic carbocycles. The average Bonchev–Trinajstić information content (AvgIpc) is 2.67. The van der Waals surface area contributed by atoms with Gasteiger partial charge in [0.2, 0.25) is 0 Å². The highest BCUT2D eigenvalue weighted by atomic mass is 35.5. The molecule has 5 heteroatoms. The molecule has 1 aliphatic rings. The summed E-state index contributed by atoms with van der Waals surface area (Å²) in [5.74, 6) is 0.946. The van der Waals surface area contributed by atoms with Crippen molar-refractivity contribution in [3.05, 3.63) is 45.7 Å². The molecule has 0 fully saturated rings. The van der Waals surface area contributed by atoms with E-state index >= 15 is 0 Å². The van der Waals surface area contributed by atoms with Gasteiger partial charge in [0.05, 0.1) is 5.69 Å². The largest absolute Gasteiger partial charge is 0.489 e. The lowest BCUT2D eigenvalue weighted by Gasteiger charge is -2.22. The van der Waals surface area contributed by atoms with Crippen LogP contribution in [0, 0.1) is 13.8 Å². The highest BCUT2D eigenvalue weighted by Crippen LogP contribution is 2.29. The maximum absolute atomic E-state index is 6.16. The number of hydrogen-bond donors (Lipinski definition) is 0. The quantitative estimate of drug-likeness (QED) is 0.851. The van der Waals surface area contributed by atoms with Crippen molar-refractivity contribution in [1.29, 1.82) is 0 Å². The van der Waals surface area contributed by atoms with E-state index in [0.717, 1.165) is 48.2 Å². The fourth-order valence-electron chi connectivity index (χ4n) is 3.32. The van der Waals surface area contributed by atoms with E-state index < -0.39 is 0 Å². The topological polar surface area (TPSA) is 30.3 Å². The minimum atomic E-state index is 0.152. The van der Waals surface area contributed by atoms with Gasteiger partial charge in [0.15, 0.2) is 0 Å². The van der Waals surface area contributed by atoms with Gasteiger partial charge < -0.3 is 4.74 Å². The fourth-order valence-corrected chi connectivity index (χ4v) is 3.52. The minimum absolute atomic E-state index is 0.152. The van der Waals surface area contributed by atoms with Gasteiger partial charge in [0, 0.05) is 48.0 Å². The molecule has 1 atom stereocenters. The van der Waals surface area contributed by atoms with Crippen LogP contribution in [-0.2, 0) is 19.6 Å². The van der Waals surface area contributed by atoms with Crippen LogP contribution in [0.4, 0.5) is 0 Å². The number of aromatic nitrogens is 2. The van der Waals surface area contributed by atoms with Crippen LogP contribution in [0.1, 0.15) is 36.4 Å². The van der Waals surface area contributed by atoms with E-state index in [1.165, 1.54) is 11.3 Å². The Balaban J connectivity index is 1.87. The molecule has 4 nitrogen and oxygen atoms in total. The van der Waals surface area contributed by atoms with Crippen LogP contribution >= 0.6 is 11.6 Å². The first-order valence-electron chi connectivity index (χ1n) is 8.18. The minimum Gasteiger partial charge on any atom is -0.489 e. The summed E-state index contributed by atoms with van der Waals surface area (Å²) in [6.45, 7) is 12.0. The van der Waals surface area contributed by atoms with E-state index in [9.17, 15) is 0 Å². The molecule has 0 bridgehead atoms. The maximum Gasteiger partial charge on any atom is 0.124 e. The summed E-state index contributed by atoms with van der Waals surface area (Å²) in [6, 6.07) is 5.88. The van der Waals surface area contributed by atoms with Gasteiger partial charge in [0.1, 0.15) is 11.9 Å². The van der Waals surface area contributed by atoms with Crippen LogP contribution in [0.3, 0.4) is 0 Å². The van der Waals surface area contributed by atoms with Crippen LogP contribution in [0.15, 0.2) is 18.2 Å². The summed E-state index contributed by atoms with van der Waals surface area (Å²) in [5.41, 5.74) is 4.85. The lowest BCUT2D eigenvalue weighted by atomic mass is 10.1. The molecule has 1 unspecified atom stereocenters.